The summed E-state index contributed by atoms with van der Waals surface area (Å²) in [6.45, 7) is 0.273. The van der Waals surface area contributed by atoms with Crippen LogP contribution in [-0.2, 0) is 16.0 Å². The highest BCUT2D eigenvalue weighted by Gasteiger charge is 2.43. The standard InChI is InChI=1S/C15H22N2O3/c1-19-13-5-3-4-12(17-13)9-15(10-16,14(18)20-2)8-11-6-7-11/h3-5,11H,6-10,16H2,1-2H3. The molecule has 110 valence electrons. The highest BCUT2D eigenvalue weighted by Crippen LogP contribution is 2.42. The van der Waals surface area contributed by atoms with Crippen molar-refractivity contribution in [2.75, 3.05) is 20.8 Å². The molecule has 2 N–H and O–H groups in total. The molecule has 0 amide bonds. The van der Waals surface area contributed by atoms with E-state index >= 15 is 0 Å². The number of carbonyl (C=O) groups excluding carboxylic acids is 1. The molecule has 5 heteroatoms. The van der Waals surface area contributed by atoms with Crippen LogP contribution in [0, 0.1) is 11.3 Å². The molecule has 0 spiro atoms. The maximum absolute atomic E-state index is 12.2. The van der Waals surface area contributed by atoms with Gasteiger partial charge in [-0.05, 0) is 18.4 Å². The van der Waals surface area contributed by atoms with Gasteiger partial charge in [-0.15, -0.1) is 0 Å². The summed E-state index contributed by atoms with van der Waals surface area (Å²) >= 11 is 0. The second-order valence-electron chi connectivity index (χ2n) is 5.47. The van der Waals surface area contributed by atoms with Gasteiger partial charge in [-0.25, -0.2) is 4.98 Å². The average molecular weight is 278 g/mol. The van der Waals surface area contributed by atoms with E-state index in [0.29, 0.717) is 18.2 Å². The number of ether oxygens (including phenoxy) is 2. The molecule has 1 fully saturated rings. The van der Waals surface area contributed by atoms with Crippen LogP contribution in [0.2, 0.25) is 0 Å². The monoisotopic (exact) mass is 278 g/mol. The molecule has 2 rings (SSSR count). The van der Waals surface area contributed by atoms with Crippen molar-refractivity contribution in [3.63, 3.8) is 0 Å². The van der Waals surface area contributed by atoms with Crippen molar-refractivity contribution in [1.29, 1.82) is 0 Å². The summed E-state index contributed by atoms with van der Waals surface area (Å²) in [7, 11) is 2.99. The van der Waals surface area contributed by atoms with Crippen LogP contribution in [0.25, 0.3) is 0 Å². The lowest BCUT2D eigenvalue weighted by Gasteiger charge is -2.29. The Morgan fingerprint density at radius 3 is 2.75 bits per heavy atom. The number of esters is 1. The highest BCUT2D eigenvalue weighted by atomic mass is 16.5. The van der Waals surface area contributed by atoms with Gasteiger partial charge >= 0.3 is 5.97 Å². The molecule has 0 saturated heterocycles. The fourth-order valence-corrected chi connectivity index (χ4v) is 2.57. The molecule has 1 aliphatic rings. The van der Waals surface area contributed by atoms with Gasteiger partial charge in [0.1, 0.15) is 0 Å². The quantitative estimate of drug-likeness (QED) is 0.766. The Hall–Kier alpha value is -1.62. The van der Waals surface area contributed by atoms with Crippen molar-refractivity contribution in [2.45, 2.75) is 25.7 Å². The minimum atomic E-state index is -0.671. The van der Waals surface area contributed by atoms with E-state index in [1.54, 1.807) is 13.2 Å². The normalized spacial score (nSPS) is 17.4. The van der Waals surface area contributed by atoms with Crippen LogP contribution in [0.15, 0.2) is 18.2 Å². The van der Waals surface area contributed by atoms with E-state index in [1.807, 2.05) is 12.1 Å². The van der Waals surface area contributed by atoms with E-state index in [9.17, 15) is 4.79 Å². The molecule has 1 unspecified atom stereocenters. The first-order valence-corrected chi connectivity index (χ1v) is 6.92. The van der Waals surface area contributed by atoms with E-state index in [2.05, 4.69) is 4.98 Å². The van der Waals surface area contributed by atoms with Crippen LogP contribution in [0.1, 0.15) is 25.0 Å². The number of nitrogens with two attached hydrogens (primary N) is 1. The largest absolute Gasteiger partial charge is 0.481 e. The number of nitrogens with zero attached hydrogens (tertiary/aromatic N) is 1. The minimum absolute atomic E-state index is 0.239. The predicted octanol–water partition coefficient (Wildman–Crippen LogP) is 1.55. The lowest BCUT2D eigenvalue weighted by Crippen LogP contribution is -2.42. The number of hydrogen-bond donors (Lipinski definition) is 1. The van der Waals surface area contributed by atoms with Crippen molar-refractivity contribution >= 4 is 5.97 Å². The summed E-state index contributed by atoms with van der Waals surface area (Å²) in [6.07, 6.45) is 3.60. The highest BCUT2D eigenvalue weighted by molar-refractivity contribution is 5.77. The van der Waals surface area contributed by atoms with Crippen LogP contribution >= 0.6 is 0 Å². The number of rotatable bonds is 7. The SMILES string of the molecule is COC(=O)C(CN)(Cc1cccc(OC)n1)CC1CC1. The molecule has 1 aromatic rings. The predicted molar refractivity (Wildman–Crippen MR) is 75.3 cm³/mol. The smallest absolute Gasteiger partial charge is 0.313 e. The van der Waals surface area contributed by atoms with Gasteiger partial charge in [0, 0.05) is 24.7 Å². The van der Waals surface area contributed by atoms with Gasteiger partial charge in [0.25, 0.3) is 0 Å². The zero-order valence-electron chi connectivity index (χ0n) is 12.1. The molecule has 0 radical (unpaired) electrons. The van der Waals surface area contributed by atoms with Crippen LogP contribution in [0.5, 0.6) is 5.88 Å². The first-order valence-electron chi connectivity index (χ1n) is 6.92. The fourth-order valence-electron chi connectivity index (χ4n) is 2.57. The molecular formula is C15H22N2O3. The zero-order valence-corrected chi connectivity index (χ0v) is 12.1. The van der Waals surface area contributed by atoms with Crippen LogP contribution in [0.3, 0.4) is 0 Å². The van der Waals surface area contributed by atoms with E-state index in [4.69, 9.17) is 15.2 Å². The second-order valence-corrected chi connectivity index (χ2v) is 5.47. The Balaban J connectivity index is 2.22. The maximum atomic E-state index is 12.2. The number of aromatic nitrogens is 1. The molecule has 1 saturated carbocycles. The summed E-state index contributed by atoms with van der Waals surface area (Å²) in [5.74, 6) is 0.893. The van der Waals surface area contributed by atoms with Gasteiger partial charge < -0.3 is 15.2 Å². The Morgan fingerprint density at radius 2 is 2.20 bits per heavy atom. The van der Waals surface area contributed by atoms with Gasteiger partial charge in [-0.2, -0.15) is 0 Å². The third kappa shape index (κ3) is 3.28. The third-order valence-electron chi connectivity index (χ3n) is 3.90. The average Bonchev–Trinajstić information content (AvgIpc) is 3.29. The van der Waals surface area contributed by atoms with E-state index in [0.717, 1.165) is 12.1 Å². The van der Waals surface area contributed by atoms with Crippen molar-refractivity contribution in [3.05, 3.63) is 23.9 Å². The Kier molecular flexibility index (Phi) is 4.60. The summed E-state index contributed by atoms with van der Waals surface area (Å²) < 4.78 is 10.1. The summed E-state index contributed by atoms with van der Waals surface area (Å²) in [4.78, 5) is 16.6. The molecule has 1 aromatic heterocycles. The number of carbonyl (C=O) groups is 1. The number of methoxy groups -OCH3 is 2. The Morgan fingerprint density at radius 1 is 1.45 bits per heavy atom. The minimum Gasteiger partial charge on any atom is -0.481 e. The van der Waals surface area contributed by atoms with E-state index in [1.165, 1.54) is 20.0 Å². The second kappa shape index (κ2) is 6.22. The zero-order chi connectivity index (χ0) is 14.6. The molecule has 0 bridgehead atoms. The van der Waals surface area contributed by atoms with Crippen molar-refractivity contribution in [2.24, 2.45) is 17.1 Å². The molecule has 1 atom stereocenters. The molecule has 20 heavy (non-hydrogen) atoms. The van der Waals surface area contributed by atoms with Crippen LogP contribution in [0.4, 0.5) is 0 Å². The van der Waals surface area contributed by atoms with Crippen molar-refractivity contribution < 1.29 is 14.3 Å². The first-order chi connectivity index (χ1) is 9.63. The fraction of sp³-hybridized carbons (Fsp3) is 0.600. The molecule has 1 heterocycles. The van der Waals surface area contributed by atoms with Gasteiger partial charge in [0.2, 0.25) is 5.88 Å². The van der Waals surface area contributed by atoms with Gasteiger partial charge in [0.05, 0.1) is 19.6 Å². The Labute approximate surface area is 119 Å². The lowest BCUT2D eigenvalue weighted by molar-refractivity contribution is -0.153. The third-order valence-corrected chi connectivity index (χ3v) is 3.90. The molecule has 0 aliphatic heterocycles. The summed E-state index contributed by atoms with van der Waals surface area (Å²) in [5.41, 5.74) is 6.05. The van der Waals surface area contributed by atoms with Crippen LogP contribution in [-0.4, -0.2) is 31.7 Å². The molecule has 5 nitrogen and oxygen atoms in total. The molecule has 0 aromatic carbocycles. The van der Waals surface area contributed by atoms with Gasteiger partial charge in [0.15, 0.2) is 0 Å². The van der Waals surface area contributed by atoms with E-state index < -0.39 is 5.41 Å². The molecule has 1 aliphatic carbocycles. The Bertz CT molecular complexity index is 474. The number of pyridine rings is 1. The summed E-state index contributed by atoms with van der Waals surface area (Å²) in [6, 6.07) is 5.55. The van der Waals surface area contributed by atoms with Crippen LogP contribution < -0.4 is 10.5 Å². The molecular weight excluding hydrogens is 256 g/mol. The first kappa shape index (κ1) is 14.8. The van der Waals surface area contributed by atoms with Gasteiger partial charge in [-0.1, -0.05) is 18.9 Å². The van der Waals surface area contributed by atoms with Crippen molar-refractivity contribution in [1.82, 2.24) is 4.98 Å². The van der Waals surface area contributed by atoms with E-state index in [-0.39, 0.29) is 12.5 Å². The van der Waals surface area contributed by atoms with Gasteiger partial charge in [-0.3, -0.25) is 4.79 Å². The number of hydrogen-bond acceptors (Lipinski definition) is 5. The lowest BCUT2D eigenvalue weighted by atomic mass is 9.78. The summed E-state index contributed by atoms with van der Waals surface area (Å²) in [5, 5.41) is 0. The topological polar surface area (TPSA) is 74.4 Å². The maximum Gasteiger partial charge on any atom is 0.313 e. The van der Waals surface area contributed by atoms with Crippen molar-refractivity contribution in [3.8, 4) is 5.88 Å².